The highest BCUT2D eigenvalue weighted by atomic mass is 35.5. The Balaban J connectivity index is 3.64. The summed E-state index contributed by atoms with van der Waals surface area (Å²) in [6, 6.07) is -0.642. The number of nitro groups is 1. The van der Waals surface area contributed by atoms with Crippen molar-refractivity contribution in [3.05, 3.63) is 10.1 Å². The van der Waals surface area contributed by atoms with Gasteiger partial charge in [0.25, 0.3) is 0 Å². The Morgan fingerprint density at radius 2 is 2.00 bits per heavy atom. The predicted molar refractivity (Wildman–Crippen MR) is 31.8 cm³/mol. The van der Waals surface area contributed by atoms with Crippen molar-refractivity contribution in [2.75, 3.05) is 0 Å². The van der Waals surface area contributed by atoms with Gasteiger partial charge in [-0.3, -0.25) is 10.1 Å². The highest BCUT2D eigenvalue weighted by molar-refractivity contribution is 6.20. The van der Waals surface area contributed by atoms with Gasteiger partial charge in [0.15, 0.2) is 0 Å². The molecule has 0 fully saturated rings. The van der Waals surface area contributed by atoms with Gasteiger partial charge in [-0.25, -0.2) is 0 Å². The molecule has 3 nitrogen and oxygen atoms in total. The van der Waals surface area contributed by atoms with Crippen LogP contribution >= 0.6 is 11.6 Å². The van der Waals surface area contributed by atoms with Crippen LogP contribution in [0.25, 0.3) is 0 Å². The number of alkyl halides is 1. The van der Waals surface area contributed by atoms with Crippen LogP contribution < -0.4 is 0 Å². The van der Waals surface area contributed by atoms with Gasteiger partial charge in [0.2, 0.25) is 6.04 Å². The van der Waals surface area contributed by atoms with Gasteiger partial charge in [0.05, 0.1) is 5.38 Å². The molecule has 0 aromatic carbocycles. The topological polar surface area (TPSA) is 43.1 Å². The molecule has 0 radical (unpaired) electrons. The SMILES string of the molecule is CC(Cl)C(C)[N+](=O)[O-]. The van der Waals surface area contributed by atoms with Crippen LogP contribution in [-0.2, 0) is 0 Å². The Morgan fingerprint density at radius 3 is 2.00 bits per heavy atom. The molecule has 0 aromatic rings. The molecular weight excluding hydrogens is 130 g/mol. The average molecular weight is 138 g/mol. The molecule has 4 heteroatoms. The minimum Gasteiger partial charge on any atom is -0.264 e. The smallest absolute Gasteiger partial charge is 0.226 e. The number of hydrogen-bond acceptors (Lipinski definition) is 2. The first-order valence-corrected chi connectivity index (χ1v) is 2.77. The Morgan fingerprint density at radius 1 is 1.62 bits per heavy atom. The molecule has 0 aromatic heterocycles. The van der Waals surface area contributed by atoms with Crippen molar-refractivity contribution in [3.8, 4) is 0 Å². The monoisotopic (exact) mass is 137 g/mol. The standard InChI is InChI=1S/C4H8ClNO2/c1-3(5)4(2)6(7)8/h3-4H,1-2H3. The van der Waals surface area contributed by atoms with Crippen LogP contribution in [0.1, 0.15) is 13.8 Å². The molecule has 0 aliphatic carbocycles. The van der Waals surface area contributed by atoms with E-state index in [2.05, 4.69) is 0 Å². The van der Waals surface area contributed by atoms with Gasteiger partial charge in [0, 0.05) is 11.8 Å². The van der Waals surface area contributed by atoms with E-state index < -0.39 is 11.0 Å². The Hall–Kier alpha value is -0.310. The van der Waals surface area contributed by atoms with E-state index in [1.165, 1.54) is 6.92 Å². The van der Waals surface area contributed by atoms with Crippen LogP contribution in [0.2, 0.25) is 0 Å². The Labute approximate surface area is 52.8 Å². The van der Waals surface area contributed by atoms with Crippen molar-refractivity contribution in [2.45, 2.75) is 25.3 Å². The molecule has 0 N–H and O–H groups in total. The van der Waals surface area contributed by atoms with Crippen LogP contribution in [0.4, 0.5) is 0 Å². The fraction of sp³-hybridized carbons (Fsp3) is 1.00. The maximum absolute atomic E-state index is 9.86. The van der Waals surface area contributed by atoms with E-state index in [4.69, 9.17) is 11.6 Å². The Bertz CT molecular complexity index is 94.0. The fourth-order valence-electron chi connectivity index (χ4n) is 0.168. The van der Waals surface area contributed by atoms with Crippen LogP contribution in [0.15, 0.2) is 0 Å². The number of rotatable bonds is 2. The van der Waals surface area contributed by atoms with Crippen LogP contribution in [0.5, 0.6) is 0 Å². The average Bonchev–Trinajstić information content (AvgIpc) is 1.64. The fourth-order valence-corrected chi connectivity index (χ4v) is 0.260. The summed E-state index contributed by atoms with van der Waals surface area (Å²) < 4.78 is 0. The number of nitrogens with zero attached hydrogens (tertiary/aromatic N) is 1. The molecule has 0 aliphatic rings. The molecular formula is C4H8ClNO2. The third-order valence-corrected chi connectivity index (χ3v) is 1.36. The highest BCUT2D eigenvalue weighted by Crippen LogP contribution is 2.02. The van der Waals surface area contributed by atoms with E-state index in [-0.39, 0.29) is 5.38 Å². The molecule has 0 aliphatic heterocycles. The molecule has 0 heterocycles. The van der Waals surface area contributed by atoms with Gasteiger partial charge in [0.1, 0.15) is 0 Å². The minimum atomic E-state index is -0.642. The molecule has 0 amide bonds. The van der Waals surface area contributed by atoms with Crippen molar-refractivity contribution >= 4 is 11.6 Å². The second-order valence-electron chi connectivity index (χ2n) is 1.70. The first kappa shape index (κ1) is 7.69. The summed E-state index contributed by atoms with van der Waals surface area (Å²) in [5.41, 5.74) is 0. The second-order valence-corrected chi connectivity index (χ2v) is 2.39. The first-order chi connectivity index (χ1) is 3.55. The summed E-state index contributed by atoms with van der Waals surface area (Å²) in [5, 5.41) is 9.48. The van der Waals surface area contributed by atoms with E-state index in [0.29, 0.717) is 0 Å². The van der Waals surface area contributed by atoms with Gasteiger partial charge in [-0.1, -0.05) is 0 Å². The molecule has 0 saturated carbocycles. The van der Waals surface area contributed by atoms with Gasteiger partial charge in [-0.15, -0.1) is 11.6 Å². The second kappa shape index (κ2) is 2.87. The quantitative estimate of drug-likeness (QED) is 0.327. The zero-order valence-corrected chi connectivity index (χ0v) is 5.55. The van der Waals surface area contributed by atoms with E-state index in [1.54, 1.807) is 6.92 Å². The molecule has 2 unspecified atom stereocenters. The van der Waals surface area contributed by atoms with Crippen molar-refractivity contribution in [1.82, 2.24) is 0 Å². The lowest BCUT2D eigenvalue weighted by Crippen LogP contribution is -2.23. The summed E-state index contributed by atoms with van der Waals surface area (Å²) >= 11 is 5.38. The maximum atomic E-state index is 9.86. The van der Waals surface area contributed by atoms with Crippen molar-refractivity contribution in [2.24, 2.45) is 0 Å². The lowest BCUT2D eigenvalue weighted by molar-refractivity contribution is -0.517. The summed E-state index contributed by atoms with van der Waals surface area (Å²) in [5.74, 6) is 0. The zero-order chi connectivity index (χ0) is 6.73. The maximum Gasteiger partial charge on any atom is 0.226 e. The third-order valence-electron chi connectivity index (χ3n) is 0.997. The van der Waals surface area contributed by atoms with Crippen LogP contribution in [-0.4, -0.2) is 16.3 Å². The van der Waals surface area contributed by atoms with Crippen molar-refractivity contribution < 1.29 is 4.92 Å². The number of hydrogen-bond donors (Lipinski definition) is 0. The molecule has 48 valence electrons. The van der Waals surface area contributed by atoms with Crippen LogP contribution in [0, 0.1) is 10.1 Å². The molecule has 2 atom stereocenters. The molecule has 0 spiro atoms. The van der Waals surface area contributed by atoms with Gasteiger partial charge in [-0.05, 0) is 6.92 Å². The number of halogens is 1. The van der Waals surface area contributed by atoms with Crippen LogP contribution in [0.3, 0.4) is 0 Å². The van der Waals surface area contributed by atoms with Gasteiger partial charge in [-0.2, -0.15) is 0 Å². The summed E-state index contributed by atoms with van der Waals surface area (Å²) in [4.78, 5) is 9.47. The molecule has 8 heavy (non-hydrogen) atoms. The largest absolute Gasteiger partial charge is 0.264 e. The zero-order valence-electron chi connectivity index (χ0n) is 4.80. The lowest BCUT2D eigenvalue weighted by atomic mass is 10.3. The van der Waals surface area contributed by atoms with E-state index in [1.807, 2.05) is 0 Å². The van der Waals surface area contributed by atoms with E-state index in [0.717, 1.165) is 0 Å². The summed E-state index contributed by atoms with van der Waals surface area (Å²) in [7, 11) is 0. The lowest BCUT2D eigenvalue weighted by Gasteiger charge is -2.02. The summed E-state index contributed by atoms with van der Waals surface area (Å²) in [6.45, 7) is 3.09. The van der Waals surface area contributed by atoms with Gasteiger partial charge >= 0.3 is 0 Å². The van der Waals surface area contributed by atoms with E-state index in [9.17, 15) is 10.1 Å². The normalized spacial score (nSPS) is 17.4. The highest BCUT2D eigenvalue weighted by Gasteiger charge is 2.18. The Kier molecular flexibility index (Phi) is 2.76. The predicted octanol–water partition coefficient (Wildman–Crippen LogP) is 1.28. The molecule has 0 rings (SSSR count). The third kappa shape index (κ3) is 2.12. The molecule has 0 bridgehead atoms. The van der Waals surface area contributed by atoms with Crippen molar-refractivity contribution in [1.29, 1.82) is 0 Å². The molecule has 0 saturated heterocycles. The first-order valence-electron chi connectivity index (χ1n) is 2.33. The van der Waals surface area contributed by atoms with Gasteiger partial charge < -0.3 is 0 Å². The van der Waals surface area contributed by atoms with Crippen molar-refractivity contribution in [3.63, 3.8) is 0 Å². The minimum absolute atomic E-state index is 0.384. The summed E-state index contributed by atoms with van der Waals surface area (Å²) in [6.07, 6.45) is 0. The van der Waals surface area contributed by atoms with E-state index >= 15 is 0 Å².